The molecule has 1 aromatic carbocycles. The number of hydrogen-bond acceptors (Lipinski definition) is 2. The van der Waals surface area contributed by atoms with Crippen molar-refractivity contribution in [3.8, 4) is 11.1 Å². The van der Waals surface area contributed by atoms with E-state index in [0.29, 0.717) is 5.56 Å². The number of aryl methyl sites for hydroxylation is 1. The molecule has 1 N–H and O–H groups in total. The fourth-order valence-corrected chi connectivity index (χ4v) is 2.02. The number of aromatic nitrogens is 1. The largest absolute Gasteiger partial charge is 0.313 e. The van der Waals surface area contributed by atoms with Crippen molar-refractivity contribution in [2.75, 3.05) is 6.54 Å². The van der Waals surface area contributed by atoms with Crippen LogP contribution in [0.5, 0.6) is 0 Å². The number of halogens is 1. The van der Waals surface area contributed by atoms with Gasteiger partial charge in [0.05, 0.1) is 0 Å². The SMILES string of the molecule is CCCNCc1ccc(F)c(-c2cncc(C)c2)c1. The van der Waals surface area contributed by atoms with Gasteiger partial charge in [-0.2, -0.15) is 0 Å². The average Bonchev–Trinajstić information content (AvgIpc) is 2.41. The van der Waals surface area contributed by atoms with E-state index >= 15 is 0 Å². The van der Waals surface area contributed by atoms with E-state index in [1.165, 1.54) is 6.07 Å². The third-order valence-corrected chi connectivity index (χ3v) is 2.97. The van der Waals surface area contributed by atoms with Crippen LogP contribution in [0.3, 0.4) is 0 Å². The monoisotopic (exact) mass is 258 g/mol. The van der Waals surface area contributed by atoms with Gasteiger partial charge in [-0.1, -0.05) is 13.0 Å². The summed E-state index contributed by atoms with van der Waals surface area (Å²) in [5, 5.41) is 3.32. The van der Waals surface area contributed by atoms with Gasteiger partial charge in [0, 0.05) is 30.1 Å². The second-order valence-corrected chi connectivity index (χ2v) is 4.74. The minimum Gasteiger partial charge on any atom is -0.313 e. The van der Waals surface area contributed by atoms with Gasteiger partial charge in [-0.25, -0.2) is 4.39 Å². The van der Waals surface area contributed by atoms with Gasteiger partial charge in [0.1, 0.15) is 5.82 Å². The van der Waals surface area contributed by atoms with Crippen LogP contribution in [0.15, 0.2) is 36.7 Å². The lowest BCUT2D eigenvalue weighted by atomic mass is 10.0. The highest BCUT2D eigenvalue weighted by molar-refractivity contribution is 5.64. The highest BCUT2D eigenvalue weighted by Crippen LogP contribution is 2.24. The molecule has 0 aliphatic carbocycles. The molecular formula is C16H19FN2. The van der Waals surface area contributed by atoms with Crippen LogP contribution in [0, 0.1) is 12.7 Å². The predicted octanol–water partition coefficient (Wildman–Crippen LogP) is 3.70. The molecule has 0 spiro atoms. The summed E-state index contributed by atoms with van der Waals surface area (Å²) < 4.78 is 13.9. The smallest absolute Gasteiger partial charge is 0.131 e. The van der Waals surface area contributed by atoms with Crippen LogP contribution in [0.2, 0.25) is 0 Å². The Labute approximate surface area is 113 Å². The number of hydrogen-bond donors (Lipinski definition) is 1. The van der Waals surface area contributed by atoms with Gasteiger partial charge in [0.25, 0.3) is 0 Å². The number of pyridine rings is 1. The first kappa shape index (κ1) is 13.7. The normalized spacial score (nSPS) is 10.7. The Hall–Kier alpha value is -1.74. The van der Waals surface area contributed by atoms with Crippen LogP contribution in [0.25, 0.3) is 11.1 Å². The highest BCUT2D eigenvalue weighted by Gasteiger charge is 2.07. The van der Waals surface area contributed by atoms with Crippen LogP contribution in [-0.2, 0) is 6.54 Å². The van der Waals surface area contributed by atoms with E-state index in [0.717, 1.165) is 36.2 Å². The molecule has 0 amide bonds. The minimum atomic E-state index is -0.202. The van der Waals surface area contributed by atoms with Crippen LogP contribution >= 0.6 is 0 Å². The lowest BCUT2D eigenvalue weighted by Gasteiger charge is -2.08. The minimum absolute atomic E-state index is 0.202. The van der Waals surface area contributed by atoms with Crippen molar-refractivity contribution in [1.29, 1.82) is 0 Å². The fourth-order valence-electron chi connectivity index (χ4n) is 2.02. The molecule has 0 atom stereocenters. The van der Waals surface area contributed by atoms with E-state index in [-0.39, 0.29) is 5.82 Å². The second-order valence-electron chi connectivity index (χ2n) is 4.74. The lowest BCUT2D eigenvalue weighted by molar-refractivity contribution is 0.628. The van der Waals surface area contributed by atoms with Crippen molar-refractivity contribution < 1.29 is 4.39 Å². The first-order valence-electron chi connectivity index (χ1n) is 6.62. The zero-order valence-corrected chi connectivity index (χ0v) is 11.4. The molecule has 2 aromatic rings. The molecule has 2 nitrogen and oxygen atoms in total. The van der Waals surface area contributed by atoms with E-state index in [4.69, 9.17) is 0 Å². The van der Waals surface area contributed by atoms with Crippen molar-refractivity contribution in [1.82, 2.24) is 10.3 Å². The molecule has 3 heteroatoms. The molecule has 0 aliphatic heterocycles. The Morgan fingerprint density at radius 2 is 2.05 bits per heavy atom. The Balaban J connectivity index is 2.26. The van der Waals surface area contributed by atoms with E-state index in [1.807, 2.05) is 25.1 Å². The average molecular weight is 258 g/mol. The molecule has 0 unspecified atom stereocenters. The summed E-state index contributed by atoms with van der Waals surface area (Å²) in [6.07, 6.45) is 4.57. The first-order valence-corrected chi connectivity index (χ1v) is 6.62. The molecule has 0 aliphatic rings. The Bertz CT molecular complexity index is 552. The number of benzene rings is 1. The molecular weight excluding hydrogens is 239 g/mol. The second kappa shape index (κ2) is 6.43. The Morgan fingerprint density at radius 3 is 2.79 bits per heavy atom. The predicted molar refractivity (Wildman–Crippen MR) is 76.4 cm³/mol. The summed E-state index contributed by atoms with van der Waals surface area (Å²) >= 11 is 0. The van der Waals surface area contributed by atoms with Crippen molar-refractivity contribution in [2.24, 2.45) is 0 Å². The maximum Gasteiger partial charge on any atom is 0.131 e. The number of nitrogens with zero attached hydrogens (tertiary/aromatic N) is 1. The van der Waals surface area contributed by atoms with Gasteiger partial charge in [0.15, 0.2) is 0 Å². The van der Waals surface area contributed by atoms with Crippen LogP contribution in [0.1, 0.15) is 24.5 Å². The summed E-state index contributed by atoms with van der Waals surface area (Å²) in [4.78, 5) is 4.12. The zero-order chi connectivity index (χ0) is 13.7. The number of rotatable bonds is 5. The maximum atomic E-state index is 13.9. The topological polar surface area (TPSA) is 24.9 Å². The molecule has 1 heterocycles. The molecule has 1 aromatic heterocycles. The summed E-state index contributed by atoms with van der Waals surface area (Å²) in [5.41, 5.74) is 3.57. The van der Waals surface area contributed by atoms with E-state index < -0.39 is 0 Å². The van der Waals surface area contributed by atoms with Gasteiger partial charge in [-0.15, -0.1) is 0 Å². The summed E-state index contributed by atoms with van der Waals surface area (Å²) in [5.74, 6) is -0.202. The molecule has 0 fully saturated rings. The van der Waals surface area contributed by atoms with Crippen molar-refractivity contribution >= 4 is 0 Å². The molecule has 0 bridgehead atoms. The van der Waals surface area contributed by atoms with Gasteiger partial charge >= 0.3 is 0 Å². The van der Waals surface area contributed by atoms with Crippen LogP contribution in [-0.4, -0.2) is 11.5 Å². The molecule has 2 rings (SSSR count). The maximum absolute atomic E-state index is 13.9. The lowest BCUT2D eigenvalue weighted by Crippen LogP contribution is -2.13. The Kier molecular flexibility index (Phi) is 4.63. The van der Waals surface area contributed by atoms with Gasteiger partial charge in [0.2, 0.25) is 0 Å². The van der Waals surface area contributed by atoms with E-state index in [9.17, 15) is 4.39 Å². The molecule has 19 heavy (non-hydrogen) atoms. The quantitative estimate of drug-likeness (QED) is 0.827. The van der Waals surface area contributed by atoms with Crippen LogP contribution in [0.4, 0.5) is 4.39 Å². The summed E-state index contributed by atoms with van der Waals surface area (Å²) in [6, 6.07) is 7.20. The van der Waals surface area contributed by atoms with Crippen LogP contribution < -0.4 is 5.32 Å². The summed E-state index contributed by atoms with van der Waals surface area (Å²) in [6.45, 7) is 5.82. The highest BCUT2D eigenvalue weighted by atomic mass is 19.1. The standard InChI is InChI=1S/C16H19FN2/c1-3-6-18-10-13-4-5-16(17)15(8-13)14-7-12(2)9-19-11-14/h4-5,7-9,11,18H,3,6,10H2,1-2H3. The van der Waals surface area contributed by atoms with Crippen molar-refractivity contribution in [2.45, 2.75) is 26.8 Å². The zero-order valence-electron chi connectivity index (χ0n) is 11.4. The first-order chi connectivity index (χ1) is 9.20. The molecule has 0 radical (unpaired) electrons. The van der Waals surface area contributed by atoms with Gasteiger partial charge in [-0.3, -0.25) is 4.98 Å². The fraction of sp³-hybridized carbons (Fsp3) is 0.312. The van der Waals surface area contributed by atoms with Gasteiger partial charge in [-0.05, 0) is 49.2 Å². The van der Waals surface area contributed by atoms with E-state index in [1.54, 1.807) is 12.4 Å². The third kappa shape index (κ3) is 3.61. The Morgan fingerprint density at radius 1 is 1.21 bits per heavy atom. The summed E-state index contributed by atoms with van der Waals surface area (Å²) in [7, 11) is 0. The van der Waals surface area contributed by atoms with Crippen molar-refractivity contribution in [3.05, 3.63) is 53.6 Å². The molecule has 0 saturated carbocycles. The third-order valence-electron chi connectivity index (χ3n) is 2.97. The van der Waals surface area contributed by atoms with Gasteiger partial charge < -0.3 is 5.32 Å². The van der Waals surface area contributed by atoms with Crippen molar-refractivity contribution in [3.63, 3.8) is 0 Å². The molecule has 0 saturated heterocycles. The molecule has 100 valence electrons. The van der Waals surface area contributed by atoms with E-state index in [2.05, 4.69) is 17.2 Å². The number of nitrogens with one attached hydrogen (secondary N) is 1.